The van der Waals surface area contributed by atoms with E-state index in [1.54, 1.807) is 12.1 Å². The number of nitrogens with zero attached hydrogens (tertiary/aromatic N) is 1. The number of sulfonamides is 2. The van der Waals surface area contributed by atoms with E-state index >= 15 is 0 Å². The maximum atomic E-state index is 13.6. The molecule has 0 saturated heterocycles. The molecule has 0 radical (unpaired) electrons. The van der Waals surface area contributed by atoms with Gasteiger partial charge in [0, 0.05) is 13.1 Å². The zero-order chi connectivity index (χ0) is 18.1. The van der Waals surface area contributed by atoms with Crippen LogP contribution in [0.15, 0.2) is 53.4 Å². The largest absolute Gasteiger partial charge is 0.270 e. The Hall–Kier alpha value is -1.97. The molecule has 9 heteroatoms. The molecule has 1 N–H and O–H groups in total. The lowest BCUT2D eigenvalue weighted by Gasteiger charge is -2.19. The molecule has 1 aliphatic rings. The van der Waals surface area contributed by atoms with E-state index in [0.29, 0.717) is 18.7 Å². The van der Waals surface area contributed by atoms with Crippen molar-refractivity contribution in [1.82, 2.24) is 4.72 Å². The SMILES string of the molecule is O=S(=O)(NCCS(=O)(=O)N1CCc2ccccc21)c1ccccc1F. The van der Waals surface area contributed by atoms with Crippen LogP contribution in [0.1, 0.15) is 5.56 Å². The molecule has 0 atom stereocenters. The van der Waals surface area contributed by atoms with E-state index in [-0.39, 0.29) is 6.54 Å². The van der Waals surface area contributed by atoms with Gasteiger partial charge in [-0.1, -0.05) is 30.3 Å². The van der Waals surface area contributed by atoms with Gasteiger partial charge in [0.05, 0.1) is 11.4 Å². The number of para-hydroxylation sites is 1. The number of hydrogen-bond acceptors (Lipinski definition) is 4. The highest BCUT2D eigenvalue weighted by Gasteiger charge is 2.29. The predicted octanol–water partition coefficient (Wildman–Crippen LogP) is 1.50. The lowest BCUT2D eigenvalue weighted by atomic mass is 10.2. The summed E-state index contributed by atoms with van der Waals surface area (Å²) in [5, 5.41) is 0. The molecular weight excluding hydrogens is 367 g/mol. The van der Waals surface area contributed by atoms with E-state index in [2.05, 4.69) is 4.72 Å². The van der Waals surface area contributed by atoms with Crippen molar-refractivity contribution in [3.8, 4) is 0 Å². The predicted molar refractivity (Wildman–Crippen MR) is 92.9 cm³/mol. The van der Waals surface area contributed by atoms with Crippen molar-refractivity contribution in [3.63, 3.8) is 0 Å². The third kappa shape index (κ3) is 3.68. The van der Waals surface area contributed by atoms with Gasteiger partial charge in [-0.3, -0.25) is 4.31 Å². The van der Waals surface area contributed by atoms with Crippen LogP contribution in [0, 0.1) is 5.82 Å². The summed E-state index contributed by atoms with van der Waals surface area (Å²) in [4.78, 5) is -0.501. The van der Waals surface area contributed by atoms with Gasteiger partial charge in [-0.25, -0.2) is 25.9 Å². The van der Waals surface area contributed by atoms with Crippen molar-refractivity contribution in [3.05, 3.63) is 59.9 Å². The number of fused-ring (bicyclic) bond motifs is 1. The Bertz CT molecular complexity index is 991. The minimum atomic E-state index is -4.11. The van der Waals surface area contributed by atoms with Gasteiger partial charge >= 0.3 is 0 Å². The van der Waals surface area contributed by atoms with Gasteiger partial charge in [0.2, 0.25) is 20.0 Å². The summed E-state index contributed by atoms with van der Waals surface area (Å²) in [6, 6.07) is 12.1. The van der Waals surface area contributed by atoms with Crippen molar-refractivity contribution in [1.29, 1.82) is 0 Å². The highest BCUT2D eigenvalue weighted by molar-refractivity contribution is 7.93. The van der Waals surface area contributed by atoms with Crippen LogP contribution in [0.25, 0.3) is 0 Å². The van der Waals surface area contributed by atoms with Crippen molar-refractivity contribution in [2.24, 2.45) is 0 Å². The van der Waals surface area contributed by atoms with Gasteiger partial charge in [-0.05, 0) is 30.2 Å². The van der Waals surface area contributed by atoms with Crippen molar-refractivity contribution >= 4 is 25.7 Å². The van der Waals surface area contributed by atoms with E-state index < -0.39 is 36.5 Å². The van der Waals surface area contributed by atoms with E-state index in [9.17, 15) is 21.2 Å². The minimum absolute atomic E-state index is 0.335. The number of nitrogens with one attached hydrogen (secondary N) is 1. The van der Waals surface area contributed by atoms with Crippen LogP contribution in [-0.2, 0) is 26.5 Å². The Labute approximate surface area is 146 Å². The number of benzene rings is 2. The maximum Gasteiger partial charge on any atom is 0.243 e. The smallest absolute Gasteiger partial charge is 0.243 e. The second kappa shape index (κ2) is 6.74. The molecule has 6 nitrogen and oxygen atoms in total. The fourth-order valence-corrected chi connectivity index (χ4v) is 5.42. The Balaban J connectivity index is 1.69. The highest BCUT2D eigenvalue weighted by Crippen LogP contribution is 2.29. The van der Waals surface area contributed by atoms with Gasteiger partial charge in [-0.2, -0.15) is 0 Å². The van der Waals surface area contributed by atoms with Crippen LogP contribution < -0.4 is 9.03 Å². The quantitative estimate of drug-likeness (QED) is 0.818. The van der Waals surface area contributed by atoms with Gasteiger partial charge in [0.25, 0.3) is 0 Å². The van der Waals surface area contributed by atoms with E-state index in [1.165, 1.54) is 16.4 Å². The normalized spacial score (nSPS) is 14.5. The number of anilines is 1. The molecule has 2 aromatic rings. The highest BCUT2D eigenvalue weighted by atomic mass is 32.2. The van der Waals surface area contributed by atoms with Gasteiger partial charge in [0.15, 0.2) is 0 Å². The minimum Gasteiger partial charge on any atom is -0.270 e. The average molecular weight is 384 g/mol. The standard InChI is InChI=1S/C16H17FN2O4S2/c17-14-6-2-4-8-16(14)25(22,23)18-10-12-24(20,21)19-11-9-13-5-1-3-7-15(13)19/h1-8,18H,9-12H2. The summed E-state index contributed by atoms with van der Waals surface area (Å²) >= 11 is 0. The molecule has 0 fully saturated rings. The van der Waals surface area contributed by atoms with Gasteiger partial charge < -0.3 is 0 Å². The zero-order valence-electron chi connectivity index (χ0n) is 13.2. The monoisotopic (exact) mass is 384 g/mol. The number of hydrogen-bond donors (Lipinski definition) is 1. The summed E-state index contributed by atoms with van der Waals surface area (Å²) in [6.07, 6.45) is 0.621. The second-order valence-electron chi connectivity index (χ2n) is 5.60. The fraction of sp³-hybridized carbons (Fsp3) is 0.250. The van der Waals surface area contributed by atoms with Crippen LogP contribution in [0.4, 0.5) is 10.1 Å². The first-order valence-electron chi connectivity index (χ1n) is 7.64. The van der Waals surface area contributed by atoms with Crippen molar-refractivity contribution in [2.45, 2.75) is 11.3 Å². The molecule has 0 spiro atoms. The first kappa shape index (κ1) is 17.8. The summed E-state index contributed by atoms with van der Waals surface area (Å²) in [5.41, 5.74) is 1.57. The van der Waals surface area contributed by atoms with Crippen LogP contribution in [0.3, 0.4) is 0 Å². The average Bonchev–Trinajstić information content (AvgIpc) is 2.99. The molecule has 2 aromatic carbocycles. The first-order chi connectivity index (χ1) is 11.8. The van der Waals surface area contributed by atoms with E-state index in [1.807, 2.05) is 12.1 Å². The topological polar surface area (TPSA) is 83.5 Å². The first-order valence-corrected chi connectivity index (χ1v) is 10.7. The molecule has 134 valence electrons. The van der Waals surface area contributed by atoms with Crippen LogP contribution in [0.2, 0.25) is 0 Å². The van der Waals surface area contributed by atoms with Crippen LogP contribution >= 0.6 is 0 Å². The summed E-state index contributed by atoms with van der Waals surface area (Å²) < 4.78 is 66.3. The molecule has 25 heavy (non-hydrogen) atoms. The zero-order valence-corrected chi connectivity index (χ0v) is 14.9. The lowest BCUT2D eigenvalue weighted by molar-refractivity contribution is 0.558. The molecule has 3 rings (SSSR count). The van der Waals surface area contributed by atoms with Crippen molar-refractivity contribution < 1.29 is 21.2 Å². The summed E-state index contributed by atoms with van der Waals surface area (Å²) in [5.74, 6) is -1.29. The third-order valence-corrected chi connectivity index (χ3v) is 7.22. The van der Waals surface area contributed by atoms with Gasteiger partial charge in [0.1, 0.15) is 10.7 Å². The lowest BCUT2D eigenvalue weighted by Crippen LogP contribution is -2.37. The Morgan fingerprint density at radius 2 is 1.68 bits per heavy atom. The fourth-order valence-electron chi connectivity index (χ4n) is 2.75. The number of rotatable bonds is 6. The molecule has 1 aliphatic heterocycles. The molecule has 0 aliphatic carbocycles. The summed E-state index contributed by atoms with van der Waals surface area (Å²) in [7, 11) is -7.78. The van der Waals surface area contributed by atoms with Crippen LogP contribution in [0.5, 0.6) is 0 Å². The second-order valence-corrected chi connectivity index (χ2v) is 9.34. The molecular formula is C16H17FN2O4S2. The maximum absolute atomic E-state index is 13.6. The Morgan fingerprint density at radius 1 is 1.00 bits per heavy atom. The van der Waals surface area contributed by atoms with Gasteiger partial charge in [-0.15, -0.1) is 0 Å². The number of halogens is 1. The third-order valence-electron chi connectivity index (χ3n) is 3.96. The Kier molecular flexibility index (Phi) is 4.81. The van der Waals surface area contributed by atoms with E-state index in [0.717, 1.165) is 17.7 Å². The molecule has 0 amide bonds. The molecule has 1 heterocycles. The van der Waals surface area contributed by atoms with Crippen LogP contribution in [-0.4, -0.2) is 35.7 Å². The molecule has 0 aromatic heterocycles. The molecule has 0 unspecified atom stereocenters. The Morgan fingerprint density at radius 3 is 2.44 bits per heavy atom. The van der Waals surface area contributed by atoms with E-state index in [4.69, 9.17) is 0 Å². The summed E-state index contributed by atoms with van der Waals surface area (Å²) in [6.45, 7) is -0.000584. The van der Waals surface area contributed by atoms with Crippen molar-refractivity contribution in [2.75, 3.05) is 23.1 Å². The molecule has 0 bridgehead atoms. The molecule has 0 saturated carbocycles.